The van der Waals surface area contributed by atoms with Crippen molar-refractivity contribution >= 4 is 11.5 Å². The van der Waals surface area contributed by atoms with Crippen LogP contribution in [0, 0.1) is 23.7 Å². The monoisotopic (exact) mass is 487 g/mol. The number of hydrogen-bond donors (Lipinski definition) is 1. The fraction of sp³-hybridized carbons (Fsp3) is 0.531. The molecule has 2 bridgehead atoms. The highest BCUT2D eigenvalue weighted by Crippen LogP contribution is 2.54. The number of aromatic carboxylic acids is 1. The molecule has 1 N–H and O–H groups in total. The molecule has 3 aliphatic carbocycles. The number of likely N-dealkylation sites (tertiary alicyclic amines) is 1. The van der Waals surface area contributed by atoms with Crippen molar-refractivity contribution in [1.29, 1.82) is 0 Å². The number of carboxylic acids is 1. The van der Waals surface area contributed by atoms with E-state index in [0.29, 0.717) is 23.8 Å². The molecular weight excluding hydrogens is 449 g/mol. The molecule has 4 aliphatic rings. The number of carbonyl (C=O) groups is 1. The third kappa shape index (κ3) is 4.65. The number of aryl methyl sites for hydroxylation is 1. The lowest BCUT2D eigenvalue weighted by molar-refractivity contribution is 0.0696. The molecule has 3 atom stereocenters. The number of carboxylic acid groups (broad SMARTS) is 1. The summed E-state index contributed by atoms with van der Waals surface area (Å²) in [5.74, 6) is 2.25. The number of allylic oxidation sites excluding steroid dienone is 1. The Labute approximate surface area is 214 Å². The average molecular weight is 488 g/mol. The Kier molecular flexibility index (Phi) is 6.73. The summed E-state index contributed by atoms with van der Waals surface area (Å²) in [7, 11) is 0. The zero-order valence-corrected chi connectivity index (χ0v) is 21.2. The minimum Gasteiger partial charge on any atom is -0.478 e. The number of benzene rings is 2. The first-order valence-corrected chi connectivity index (χ1v) is 14.1. The van der Waals surface area contributed by atoms with Crippen LogP contribution in [0.1, 0.15) is 77.6 Å². The zero-order valence-electron chi connectivity index (χ0n) is 21.2. The van der Waals surface area contributed by atoms with Crippen molar-refractivity contribution in [2.75, 3.05) is 26.3 Å². The summed E-state index contributed by atoms with van der Waals surface area (Å²) in [6.07, 6.45) is 10.4. The second kappa shape index (κ2) is 10.1. The molecule has 3 fully saturated rings. The van der Waals surface area contributed by atoms with Crippen molar-refractivity contribution in [2.24, 2.45) is 23.7 Å². The third-order valence-corrected chi connectivity index (χ3v) is 9.43. The molecule has 2 aromatic carbocycles. The van der Waals surface area contributed by atoms with Gasteiger partial charge in [0.2, 0.25) is 0 Å². The van der Waals surface area contributed by atoms with Crippen LogP contribution in [0.5, 0.6) is 0 Å². The van der Waals surface area contributed by atoms with Crippen LogP contribution in [0.2, 0.25) is 0 Å². The van der Waals surface area contributed by atoms with Gasteiger partial charge in [0, 0.05) is 19.6 Å². The first kappa shape index (κ1) is 23.9. The molecular formula is C32H38FNO2. The maximum absolute atomic E-state index is 12.4. The van der Waals surface area contributed by atoms with Gasteiger partial charge in [0.25, 0.3) is 0 Å². The molecule has 0 aromatic heterocycles. The lowest BCUT2D eigenvalue weighted by atomic mass is 9.77. The number of fused-ring (bicyclic) bond motifs is 3. The number of hydrogen-bond acceptors (Lipinski definition) is 2. The molecule has 3 unspecified atom stereocenters. The summed E-state index contributed by atoms with van der Waals surface area (Å²) in [6.45, 7) is 2.83. The van der Waals surface area contributed by atoms with Gasteiger partial charge in [0.1, 0.15) is 0 Å². The van der Waals surface area contributed by atoms with Gasteiger partial charge in [0.15, 0.2) is 0 Å². The van der Waals surface area contributed by atoms with Crippen LogP contribution in [-0.2, 0) is 12.8 Å². The Morgan fingerprint density at radius 2 is 1.86 bits per heavy atom. The third-order valence-electron chi connectivity index (χ3n) is 9.43. The summed E-state index contributed by atoms with van der Waals surface area (Å²) >= 11 is 0. The largest absolute Gasteiger partial charge is 0.478 e. The van der Waals surface area contributed by atoms with Gasteiger partial charge in [-0.2, -0.15) is 0 Å². The predicted octanol–water partition coefficient (Wildman–Crippen LogP) is 6.79. The van der Waals surface area contributed by atoms with Crippen molar-refractivity contribution in [2.45, 2.75) is 57.8 Å². The minimum atomic E-state index is -0.843. The summed E-state index contributed by atoms with van der Waals surface area (Å²) in [4.78, 5) is 14.0. The quantitative estimate of drug-likeness (QED) is 0.445. The second-order valence-electron chi connectivity index (χ2n) is 11.8. The maximum atomic E-state index is 12.4. The van der Waals surface area contributed by atoms with Gasteiger partial charge in [-0.25, -0.2) is 4.79 Å². The topological polar surface area (TPSA) is 40.5 Å². The minimum absolute atomic E-state index is 0.219. The van der Waals surface area contributed by atoms with E-state index in [1.165, 1.54) is 53.5 Å². The maximum Gasteiger partial charge on any atom is 0.335 e. The highest BCUT2D eigenvalue weighted by atomic mass is 19.1. The molecule has 2 aromatic rings. The molecule has 1 aliphatic heterocycles. The van der Waals surface area contributed by atoms with E-state index in [2.05, 4.69) is 35.2 Å². The Balaban J connectivity index is 1.30. The highest BCUT2D eigenvalue weighted by molar-refractivity contribution is 5.90. The Hall–Kier alpha value is -2.46. The fourth-order valence-electron chi connectivity index (χ4n) is 7.74. The van der Waals surface area contributed by atoms with Crippen LogP contribution in [0.3, 0.4) is 0 Å². The second-order valence-corrected chi connectivity index (χ2v) is 11.8. The predicted molar refractivity (Wildman–Crippen MR) is 142 cm³/mol. The molecule has 1 heterocycles. The van der Waals surface area contributed by atoms with Crippen molar-refractivity contribution in [3.63, 3.8) is 0 Å². The van der Waals surface area contributed by atoms with E-state index in [9.17, 15) is 14.3 Å². The summed E-state index contributed by atoms with van der Waals surface area (Å²) in [6, 6.07) is 15.0. The summed E-state index contributed by atoms with van der Waals surface area (Å²) < 4.78 is 12.4. The van der Waals surface area contributed by atoms with E-state index >= 15 is 0 Å². The molecule has 0 radical (unpaired) electrons. The van der Waals surface area contributed by atoms with E-state index in [1.807, 2.05) is 6.07 Å². The molecule has 3 nitrogen and oxygen atoms in total. The molecule has 1 saturated heterocycles. The molecule has 190 valence electrons. The Bertz CT molecular complexity index is 1150. The SMILES string of the molecule is O=C(O)c1ccc2c(c1)CCCC(C1CC3CCC1C3)=C2c1ccc(CC2CN(CCCF)C2)cc1. The molecule has 0 spiro atoms. The molecule has 6 rings (SSSR count). The normalized spacial score (nSPS) is 26.1. The van der Waals surface area contributed by atoms with Crippen LogP contribution in [0.15, 0.2) is 48.0 Å². The van der Waals surface area contributed by atoms with E-state index < -0.39 is 5.97 Å². The van der Waals surface area contributed by atoms with Crippen LogP contribution in [0.25, 0.3) is 5.57 Å². The van der Waals surface area contributed by atoms with E-state index in [0.717, 1.165) is 57.2 Å². The van der Waals surface area contributed by atoms with Crippen molar-refractivity contribution in [3.05, 3.63) is 75.9 Å². The lowest BCUT2D eigenvalue weighted by Gasteiger charge is -2.39. The lowest BCUT2D eigenvalue weighted by Crippen LogP contribution is -2.47. The van der Waals surface area contributed by atoms with Gasteiger partial charge in [-0.15, -0.1) is 0 Å². The van der Waals surface area contributed by atoms with Gasteiger partial charge in [-0.1, -0.05) is 42.3 Å². The average Bonchev–Trinajstić information content (AvgIpc) is 3.44. The highest BCUT2D eigenvalue weighted by Gasteiger charge is 2.42. The van der Waals surface area contributed by atoms with E-state index in [4.69, 9.17) is 0 Å². The fourth-order valence-corrected chi connectivity index (χ4v) is 7.74. The van der Waals surface area contributed by atoms with Crippen LogP contribution < -0.4 is 0 Å². The Morgan fingerprint density at radius 1 is 1.03 bits per heavy atom. The standard InChI is InChI=1S/C32H38FNO2/c33-13-2-14-34-19-23(20-34)15-21-5-8-24(9-6-21)31-28-12-11-27(32(35)36)18-25(28)3-1-4-29(31)30-17-22-7-10-26(30)16-22/h5-6,8-9,11-12,18,22-23,26,30H,1-4,7,10,13-17,19-20H2,(H,35,36). The van der Waals surface area contributed by atoms with Crippen LogP contribution >= 0.6 is 0 Å². The van der Waals surface area contributed by atoms with E-state index in [-0.39, 0.29) is 6.67 Å². The zero-order chi connectivity index (χ0) is 24.6. The first-order chi connectivity index (χ1) is 17.6. The molecule has 4 heteroatoms. The van der Waals surface area contributed by atoms with Gasteiger partial charge in [-0.05, 0) is 115 Å². The number of nitrogens with zero attached hydrogens (tertiary/aromatic N) is 1. The van der Waals surface area contributed by atoms with Crippen molar-refractivity contribution in [1.82, 2.24) is 4.90 Å². The first-order valence-electron chi connectivity index (χ1n) is 14.1. The molecule has 0 amide bonds. The number of halogens is 1. The smallest absolute Gasteiger partial charge is 0.335 e. The van der Waals surface area contributed by atoms with Crippen LogP contribution in [-0.4, -0.2) is 42.3 Å². The van der Waals surface area contributed by atoms with Gasteiger partial charge in [0.05, 0.1) is 12.2 Å². The number of rotatable bonds is 8. The van der Waals surface area contributed by atoms with Gasteiger partial charge >= 0.3 is 5.97 Å². The van der Waals surface area contributed by atoms with Crippen molar-refractivity contribution in [3.8, 4) is 0 Å². The van der Waals surface area contributed by atoms with Gasteiger partial charge in [-0.3, -0.25) is 4.39 Å². The summed E-state index contributed by atoms with van der Waals surface area (Å²) in [5, 5.41) is 9.59. The Morgan fingerprint density at radius 3 is 2.56 bits per heavy atom. The number of alkyl halides is 1. The van der Waals surface area contributed by atoms with E-state index in [1.54, 1.807) is 11.6 Å². The van der Waals surface area contributed by atoms with Crippen LogP contribution in [0.4, 0.5) is 4.39 Å². The van der Waals surface area contributed by atoms with Gasteiger partial charge < -0.3 is 10.0 Å². The van der Waals surface area contributed by atoms with Crippen molar-refractivity contribution < 1.29 is 14.3 Å². The summed E-state index contributed by atoms with van der Waals surface area (Å²) in [5.41, 5.74) is 8.55. The molecule has 2 saturated carbocycles. The molecule has 36 heavy (non-hydrogen) atoms.